The number of Topliss-reactive ketones (excluding diaryl/α,β-unsaturated/α-hetero) is 2. The SMILES string of the molecule is O=C(O)c1ccc2c(c1)C(=O)C(c1ccc3cc(C(=O)OCCCN4C(=O)c5ccccc5C4=O)ccc3n1)C2=O. The summed E-state index contributed by atoms with van der Waals surface area (Å²) >= 11 is 0. The predicted molar refractivity (Wildman–Crippen MR) is 143 cm³/mol. The van der Waals surface area contributed by atoms with E-state index in [4.69, 9.17) is 4.74 Å². The monoisotopic (exact) mass is 548 g/mol. The van der Waals surface area contributed by atoms with Crippen LogP contribution in [0.5, 0.6) is 0 Å². The maximum atomic E-state index is 13.0. The summed E-state index contributed by atoms with van der Waals surface area (Å²) in [6, 6.07) is 18.3. The molecule has 0 saturated carbocycles. The van der Waals surface area contributed by atoms with Crippen LogP contribution in [0.15, 0.2) is 72.8 Å². The summed E-state index contributed by atoms with van der Waals surface area (Å²) in [5.41, 5.74) is 1.80. The number of aromatic carboxylic acids is 1. The third-order valence-corrected chi connectivity index (χ3v) is 7.20. The van der Waals surface area contributed by atoms with Gasteiger partial charge in [0.05, 0.1) is 40.1 Å². The summed E-state index contributed by atoms with van der Waals surface area (Å²) in [6.45, 7) is 0.113. The van der Waals surface area contributed by atoms with Crippen LogP contribution in [-0.4, -0.2) is 63.5 Å². The molecule has 1 atom stereocenters. The van der Waals surface area contributed by atoms with E-state index in [1.54, 1.807) is 42.5 Å². The quantitative estimate of drug-likeness (QED) is 0.157. The van der Waals surface area contributed by atoms with Crippen molar-refractivity contribution in [2.45, 2.75) is 12.3 Å². The predicted octanol–water partition coefficient (Wildman–Crippen LogP) is 3.94. The van der Waals surface area contributed by atoms with Gasteiger partial charge in [0.25, 0.3) is 11.8 Å². The second-order valence-electron chi connectivity index (χ2n) is 9.67. The van der Waals surface area contributed by atoms with E-state index in [1.165, 1.54) is 30.3 Å². The number of rotatable bonds is 7. The average molecular weight is 549 g/mol. The summed E-state index contributed by atoms with van der Waals surface area (Å²) < 4.78 is 5.34. The maximum absolute atomic E-state index is 13.0. The van der Waals surface area contributed by atoms with Crippen molar-refractivity contribution in [3.8, 4) is 0 Å². The Labute approximate surface area is 232 Å². The molecular weight excluding hydrogens is 528 g/mol. The molecule has 2 heterocycles. The van der Waals surface area contributed by atoms with E-state index in [1.807, 2.05) is 0 Å². The fourth-order valence-corrected chi connectivity index (χ4v) is 5.14. The number of amides is 2. The molecule has 6 rings (SSSR count). The van der Waals surface area contributed by atoms with Crippen LogP contribution in [0.4, 0.5) is 0 Å². The lowest BCUT2D eigenvalue weighted by atomic mass is 9.98. The summed E-state index contributed by atoms with van der Waals surface area (Å²) in [4.78, 5) is 80.4. The molecule has 1 unspecified atom stereocenters. The Morgan fingerprint density at radius 2 is 1.46 bits per heavy atom. The number of carboxylic acids is 1. The van der Waals surface area contributed by atoms with E-state index in [9.17, 15) is 33.9 Å². The molecule has 202 valence electrons. The van der Waals surface area contributed by atoms with Crippen molar-refractivity contribution in [2.75, 3.05) is 13.2 Å². The number of carbonyl (C=O) groups excluding carboxylic acids is 5. The highest BCUT2D eigenvalue weighted by Crippen LogP contribution is 2.34. The molecule has 0 fully saturated rings. The fraction of sp³-hybridized carbons (Fsp3) is 0.129. The highest BCUT2D eigenvalue weighted by molar-refractivity contribution is 6.30. The highest BCUT2D eigenvalue weighted by atomic mass is 16.5. The van der Waals surface area contributed by atoms with Gasteiger partial charge >= 0.3 is 11.9 Å². The normalized spacial score (nSPS) is 15.8. The maximum Gasteiger partial charge on any atom is 0.338 e. The van der Waals surface area contributed by atoms with E-state index in [-0.39, 0.29) is 59.3 Å². The Morgan fingerprint density at radius 3 is 2.17 bits per heavy atom. The molecule has 3 aromatic carbocycles. The summed E-state index contributed by atoms with van der Waals surface area (Å²) in [7, 11) is 0. The first-order valence-corrected chi connectivity index (χ1v) is 12.7. The van der Waals surface area contributed by atoms with Crippen LogP contribution in [0.25, 0.3) is 10.9 Å². The summed E-state index contributed by atoms with van der Waals surface area (Å²) in [5, 5.41) is 9.80. The van der Waals surface area contributed by atoms with Gasteiger partial charge in [0.15, 0.2) is 11.6 Å². The van der Waals surface area contributed by atoms with E-state index in [0.29, 0.717) is 22.0 Å². The van der Waals surface area contributed by atoms with E-state index >= 15 is 0 Å². The van der Waals surface area contributed by atoms with Crippen molar-refractivity contribution in [3.05, 3.63) is 112 Å². The van der Waals surface area contributed by atoms with Gasteiger partial charge in [-0.2, -0.15) is 0 Å². The minimum atomic E-state index is -1.20. The second kappa shape index (κ2) is 9.91. The lowest BCUT2D eigenvalue weighted by molar-refractivity contribution is 0.0481. The second-order valence-corrected chi connectivity index (χ2v) is 9.67. The number of fused-ring (bicyclic) bond motifs is 3. The number of pyridine rings is 1. The molecule has 0 saturated heterocycles. The number of ether oxygens (including phenoxy) is 1. The standard InChI is InChI=1S/C31H20N2O8/c34-26-19-9-6-17(30(38)39)15-22(19)27(35)25(26)24-11-7-16-14-18(8-10-23(16)32-24)31(40)41-13-3-12-33-28(36)20-4-1-2-5-21(20)29(33)37/h1-2,4-11,14-15,25H,3,12-13H2,(H,38,39). The Hall–Kier alpha value is -5.51. The van der Waals surface area contributed by atoms with Crippen molar-refractivity contribution in [3.63, 3.8) is 0 Å². The molecule has 1 aliphatic carbocycles. The van der Waals surface area contributed by atoms with Crippen LogP contribution in [0, 0.1) is 0 Å². The van der Waals surface area contributed by atoms with Gasteiger partial charge in [0.2, 0.25) is 0 Å². The highest BCUT2D eigenvalue weighted by Gasteiger charge is 2.41. The number of imide groups is 1. The van der Waals surface area contributed by atoms with Gasteiger partial charge in [0, 0.05) is 23.1 Å². The molecule has 2 amide bonds. The van der Waals surface area contributed by atoms with Gasteiger partial charge < -0.3 is 9.84 Å². The third kappa shape index (κ3) is 4.35. The molecule has 0 radical (unpaired) electrons. The Kier molecular flexibility index (Phi) is 6.22. The van der Waals surface area contributed by atoms with Gasteiger partial charge in [-0.05, 0) is 61.0 Å². The van der Waals surface area contributed by atoms with Crippen molar-refractivity contribution in [2.24, 2.45) is 0 Å². The van der Waals surface area contributed by atoms with E-state index in [0.717, 1.165) is 4.90 Å². The first-order valence-electron chi connectivity index (χ1n) is 12.7. The largest absolute Gasteiger partial charge is 0.478 e. The number of nitrogens with zero attached hydrogens (tertiary/aromatic N) is 2. The number of ketones is 2. The lowest BCUT2D eigenvalue weighted by Gasteiger charge is -2.13. The Bertz CT molecular complexity index is 1810. The number of aromatic nitrogens is 1. The van der Waals surface area contributed by atoms with Gasteiger partial charge in [-0.1, -0.05) is 18.2 Å². The Balaban J connectivity index is 1.11. The number of hydrogen-bond donors (Lipinski definition) is 1. The molecule has 10 heteroatoms. The van der Waals surface area contributed by atoms with Gasteiger partial charge in [-0.25, -0.2) is 9.59 Å². The summed E-state index contributed by atoms with van der Waals surface area (Å²) in [6.07, 6.45) is 0.273. The molecule has 41 heavy (non-hydrogen) atoms. The van der Waals surface area contributed by atoms with Gasteiger partial charge in [0.1, 0.15) is 5.92 Å². The smallest absolute Gasteiger partial charge is 0.338 e. The number of benzene rings is 3. The van der Waals surface area contributed by atoms with Crippen LogP contribution >= 0.6 is 0 Å². The lowest BCUT2D eigenvalue weighted by Crippen LogP contribution is -2.31. The van der Waals surface area contributed by atoms with Crippen LogP contribution in [0.1, 0.15) is 80.2 Å². The van der Waals surface area contributed by atoms with Crippen molar-refractivity contribution in [1.29, 1.82) is 0 Å². The molecule has 10 nitrogen and oxygen atoms in total. The van der Waals surface area contributed by atoms with Crippen LogP contribution in [0.3, 0.4) is 0 Å². The van der Waals surface area contributed by atoms with Gasteiger partial charge in [-0.3, -0.25) is 29.1 Å². The minimum absolute atomic E-state index is 0.00246. The first kappa shape index (κ1) is 25.8. The van der Waals surface area contributed by atoms with Crippen LogP contribution in [-0.2, 0) is 4.74 Å². The molecule has 4 aromatic rings. The molecular formula is C31H20N2O8. The van der Waals surface area contributed by atoms with Crippen molar-refractivity contribution < 1.29 is 38.6 Å². The van der Waals surface area contributed by atoms with Gasteiger partial charge in [-0.15, -0.1) is 0 Å². The number of carbonyl (C=O) groups is 6. The van der Waals surface area contributed by atoms with E-state index < -0.39 is 29.4 Å². The first-order chi connectivity index (χ1) is 19.7. The minimum Gasteiger partial charge on any atom is -0.478 e. The third-order valence-electron chi connectivity index (χ3n) is 7.20. The fourth-order valence-electron chi connectivity index (χ4n) is 5.14. The Morgan fingerprint density at radius 1 is 0.780 bits per heavy atom. The number of hydrogen-bond acceptors (Lipinski definition) is 8. The topological polar surface area (TPSA) is 148 Å². The average Bonchev–Trinajstić information content (AvgIpc) is 3.38. The molecule has 0 bridgehead atoms. The number of carboxylic acid groups (broad SMARTS) is 1. The van der Waals surface area contributed by atoms with E-state index in [2.05, 4.69) is 4.98 Å². The van der Waals surface area contributed by atoms with Crippen molar-refractivity contribution in [1.82, 2.24) is 9.88 Å². The zero-order valence-corrected chi connectivity index (χ0v) is 21.3. The molecule has 2 aliphatic rings. The van der Waals surface area contributed by atoms with Crippen molar-refractivity contribution >= 4 is 46.2 Å². The number of esters is 1. The van der Waals surface area contributed by atoms with Crippen LogP contribution < -0.4 is 0 Å². The zero-order chi connectivity index (χ0) is 28.8. The van der Waals surface area contributed by atoms with Crippen LogP contribution in [0.2, 0.25) is 0 Å². The molecule has 1 aliphatic heterocycles. The molecule has 0 spiro atoms. The molecule has 1 N–H and O–H groups in total. The summed E-state index contributed by atoms with van der Waals surface area (Å²) in [5.74, 6) is -4.66. The molecule has 1 aromatic heterocycles. The zero-order valence-electron chi connectivity index (χ0n) is 21.3.